The van der Waals surface area contributed by atoms with Crippen molar-refractivity contribution in [1.29, 1.82) is 0 Å². The van der Waals surface area contributed by atoms with Crippen molar-refractivity contribution in [2.24, 2.45) is 0 Å². The summed E-state index contributed by atoms with van der Waals surface area (Å²) in [5.74, 6) is 0. The lowest BCUT2D eigenvalue weighted by atomic mass is 10.1. The fourth-order valence-electron chi connectivity index (χ4n) is 1.20. The molecule has 1 aromatic rings. The first-order valence-electron chi connectivity index (χ1n) is 4.87. The van der Waals surface area contributed by atoms with Crippen LogP contribution in [0.1, 0.15) is 5.56 Å². The second kappa shape index (κ2) is 5.92. The smallest absolute Gasteiger partial charge is 0.395 e. The maximum absolute atomic E-state index is 12.7. The van der Waals surface area contributed by atoms with Gasteiger partial charge in [0, 0.05) is 11.6 Å². The Morgan fingerprint density at radius 3 is 2.61 bits per heavy atom. The molecular weight excluding hydrogens is 273 g/mol. The van der Waals surface area contributed by atoms with Crippen LogP contribution >= 0.6 is 11.6 Å². The molecule has 0 aliphatic carbocycles. The number of rotatable bonds is 3. The Morgan fingerprint density at radius 1 is 1.39 bits per heavy atom. The maximum Gasteiger partial charge on any atom is 0.418 e. The van der Waals surface area contributed by atoms with E-state index >= 15 is 0 Å². The molecule has 2 amide bonds. The summed E-state index contributed by atoms with van der Waals surface area (Å²) in [4.78, 5) is 11.2. The molecule has 1 rings (SSSR count). The molecule has 0 radical (unpaired) electrons. The van der Waals surface area contributed by atoms with Gasteiger partial charge in [-0.25, -0.2) is 4.79 Å². The number of nitrogens with one attached hydrogen (secondary N) is 2. The fourth-order valence-corrected chi connectivity index (χ4v) is 1.37. The van der Waals surface area contributed by atoms with Gasteiger partial charge in [0.25, 0.3) is 0 Å². The molecule has 0 aliphatic rings. The minimum atomic E-state index is -4.62. The number of anilines is 1. The average molecular weight is 283 g/mol. The average Bonchev–Trinajstić information content (AvgIpc) is 2.27. The van der Waals surface area contributed by atoms with Crippen molar-refractivity contribution < 1.29 is 23.1 Å². The number of carbonyl (C=O) groups is 1. The summed E-state index contributed by atoms with van der Waals surface area (Å²) in [6.07, 6.45) is -4.62. The molecule has 1 aromatic carbocycles. The molecule has 0 bridgehead atoms. The SMILES string of the molecule is O=C(NCCO)Nc1ccc(Cl)cc1C(F)(F)F. The predicted molar refractivity (Wildman–Crippen MR) is 60.6 cm³/mol. The number of halogens is 4. The number of aliphatic hydroxyl groups excluding tert-OH is 1. The van der Waals surface area contributed by atoms with Gasteiger partial charge in [-0.15, -0.1) is 0 Å². The molecule has 8 heteroatoms. The first-order chi connectivity index (χ1) is 8.34. The highest BCUT2D eigenvalue weighted by molar-refractivity contribution is 6.30. The fraction of sp³-hybridized carbons (Fsp3) is 0.300. The molecule has 0 heterocycles. The predicted octanol–water partition coefficient (Wildman–Crippen LogP) is 2.47. The van der Waals surface area contributed by atoms with E-state index in [-0.39, 0.29) is 18.2 Å². The van der Waals surface area contributed by atoms with Gasteiger partial charge in [-0.2, -0.15) is 13.2 Å². The highest BCUT2D eigenvalue weighted by Gasteiger charge is 2.34. The molecule has 0 saturated heterocycles. The van der Waals surface area contributed by atoms with E-state index in [1.54, 1.807) is 0 Å². The minimum Gasteiger partial charge on any atom is -0.395 e. The number of aliphatic hydroxyl groups is 1. The second-order valence-corrected chi connectivity index (χ2v) is 3.73. The molecule has 0 atom stereocenters. The van der Waals surface area contributed by atoms with Gasteiger partial charge in [-0.05, 0) is 18.2 Å². The first-order valence-corrected chi connectivity index (χ1v) is 5.25. The molecule has 3 N–H and O–H groups in total. The first kappa shape index (κ1) is 14.6. The van der Waals surface area contributed by atoms with E-state index < -0.39 is 23.5 Å². The lowest BCUT2D eigenvalue weighted by Crippen LogP contribution is -2.31. The monoisotopic (exact) mass is 282 g/mol. The molecule has 0 unspecified atom stereocenters. The van der Waals surface area contributed by atoms with E-state index in [0.717, 1.165) is 12.1 Å². The van der Waals surface area contributed by atoms with E-state index in [9.17, 15) is 18.0 Å². The van der Waals surface area contributed by atoms with Crippen LogP contribution in [0.3, 0.4) is 0 Å². The Bertz CT molecular complexity index is 438. The summed E-state index contributed by atoms with van der Waals surface area (Å²) in [7, 11) is 0. The molecule has 0 spiro atoms. The number of hydrogen-bond acceptors (Lipinski definition) is 2. The van der Waals surface area contributed by atoms with Gasteiger partial charge in [0.1, 0.15) is 0 Å². The van der Waals surface area contributed by atoms with E-state index in [0.29, 0.717) is 0 Å². The Kier molecular flexibility index (Phi) is 4.80. The number of urea groups is 1. The van der Waals surface area contributed by atoms with Gasteiger partial charge < -0.3 is 15.7 Å². The van der Waals surface area contributed by atoms with E-state index in [1.165, 1.54) is 6.07 Å². The highest BCUT2D eigenvalue weighted by atomic mass is 35.5. The number of benzene rings is 1. The van der Waals surface area contributed by atoms with Gasteiger partial charge in [0.2, 0.25) is 0 Å². The topological polar surface area (TPSA) is 61.4 Å². The molecular formula is C10H10ClF3N2O2. The third-order valence-corrected chi connectivity index (χ3v) is 2.17. The highest BCUT2D eigenvalue weighted by Crippen LogP contribution is 2.36. The number of amides is 2. The number of carbonyl (C=O) groups excluding carboxylic acids is 1. The zero-order valence-electron chi connectivity index (χ0n) is 9.01. The molecule has 0 saturated carbocycles. The maximum atomic E-state index is 12.7. The van der Waals surface area contributed by atoms with Gasteiger partial charge in [-0.1, -0.05) is 11.6 Å². The van der Waals surface area contributed by atoms with Crippen LogP contribution in [0.2, 0.25) is 5.02 Å². The van der Waals surface area contributed by atoms with Crippen molar-refractivity contribution in [3.8, 4) is 0 Å². The Morgan fingerprint density at radius 2 is 2.06 bits per heavy atom. The minimum absolute atomic E-state index is 0.0548. The lowest BCUT2D eigenvalue weighted by molar-refractivity contribution is -0.136. The number of alkyl halides is 3. The van der Waals surface area contributed by atoms with Crippen LogP contribution in [0.5, 0.6) is 0 Å². The molecule has 100 valence electrons. The van der Waals surface area contributed by atoms with Crippen molar-refractivity contribution in [3.63, 3.8) is 0 Å². The van der Waals surface area contributed by atoms with Gasteiger partial charge in [0.05, 0.1) is 17.9 Å². The zero-order valence-corrected chi connectivity index (χ0v) is 9.77. The quantitative estimate of drug-likeness (QED) is 0.797. The summed E-state index contributed by atoms with van der Waals surface area (Å²) in [5, 5.41) is 12.6. The molecule has 4 nitrogen and oxygen atoms in total. The largest absolute Gasteiger partial charge is 0.418 e. The van der Waals surface area contributed by atoms with Gasteiger partial charge in [0.15, 0.2) is 0 Å². The number of hydrogen-bond donors (Lipinski definition) is 3. The van der Waals surface area contributed by atoms with Crippen LogP contribution in [0, 0.1) is 0 Å². The van der Waals surface area contributed by atoms with Gasteiger partial charge in [-0.3, -0.25) is 0 Å². The summed E-state index contributed by atoms with van der Waals surface area (Å²) in [6, 6.07) is 2.18. The molecule has 0 fully saturated rings. The Balaban J connectivity index is 2.92. The zero-order chi connectivity index (χ0) is 13.8. The van der Waals surface area contributed by atoms with Crippen molar-refractivity contribution in [2.75, 3.05) is 18.5 Å². The van der Waals surface area contributed by atoms with E-state index in [1.807, 2.05) is 5.32 Å². The standard InChI is InChI=1S/C10H10ClF3N2O2/c11-6-1-2-8(7(5-6)10(12,13)14)16-9(18)15-3-4-17/h1-2,5,17H,3-4H2,(H2,15,16,18). The van der Waals surface area contributed by atoms with Crippen molar-refractivity contribution in [1.82, 2.24) is 5.32 Å². The third-order valence-electron chi connectivity index (χ3n) is 1.93. The Hall–Kier alpha value is -1.47. The lowest BCUT2D eigenvalue weighted by Gasteiger charge is -2.14. The van der Waals surface area contributed by atoms with E-state index in [4.69, 9.17) is 16.7 Å². The van der Waals surface area contributed by atoms with Crippen LogP contribution in [-0.4, -0.2) is 24.3 Å². The Labute approximate surface area is 106 Å². The van der Waals surface area contributed by atoms with Crippen LogP contribution in [-0.2, 0) is 6.18 Å². The molecule has 18 heavy (non-hydrogen) atoms. The summed E-state index contributed by atoms with van der Waals surface area (Å²) >= 11 is 5.48. The summed E-state index contributed by atoms with van der Waals surface area (Å²) < 4.78 is 38.0. The third kappa shape index (κ3) is 4.08. The van der Waals surface area contributed by atoms with E-state index in [2.05, 4.69) is 5.32 Å². The van der Waals surface area contributed by atoms with Gasteiger partial charge >= 0.3 is 12.2 Å². The summed E-state index contributed by atoms with van der Waals surface area (Å²) in [6.45, 7) is -0.360. The summed E-state index contributed by atoms with van der Waals surface area (Å²) in [5.41, 5.74) is -1.43. The van der Waals surface area contributed by atoms with Crippen LogP contribution in [0.25, 0.3) is 0 Å². The molecule has 0 aromatic heterocycles. The van der Waals surface area contributed by atoms with Crippen molar-refractivity contribution >= 4 is 23.3 Å². The van der Waals surface area contributed by atoms with Crippen LogP contribution in [0.4, 0.5) is 23.7 Å². The van der Waals surface area contributed by atoms with Crippen molar-refractivity contribution in [3.05, 3.63) is 28.8 Å². The van der Waals surface area contributed by atoms with Crippen LogP contribution in [0.15, 0.2) is 18.2 Å². The van der Waals surface area contributed by atoms with Crippen LogP contribution < -0.4 is 10.6 Å². The van der Waals surface area contributed by atoms with Crippen molar-refractivity contribution in [2.45, 2.75) is 6.18 Å². The normalized spacial score (nSPS) is 11.2. The molecule has 0 aliphatic heterocycles. The second-order valence-electron chi connectivity index (χ2n) is 3.29.